The van der Waals surface area contributed by atoms with Gasteiger partial charge in [0.25, 0.3) is 5.91 Å². The van der Waals surface area contributed by atoms with Crippen LogP contribution in [0.5, 0.6) is 23.0 Å². The minimum atomic E-state index is -0.457. The normalized spacial score (nSPS) is 10.9. The first-order valence-electron chi connectivity index (χ1n) is 13.4. The third-order valence-electron chi connectivity index (χ3n) is 6.15. The van der Waals surface area contributed by atoms with E-state index in [1.807, 2.05) is 91.9 Å². The number of carbonyl (C=O) groups excluding carboxylic acids is 1. The molecule has 1 amide bonds. The molecule has 0 fully saturated rings. The molecule has 0 bridgehead atoms. The van der Waals surface area contributed by atoms with E-state index in [4.69, 9.17) is 18.9 Å². The number of halogens is 1. The molecule has 4 rings (SSSR count). The number of nitriles is 1. The second kappa shape index (κ2) is 15.3. The molecule has 0 aromatic heterocycles. The van der Waals surface area contributed by atoms with Gasteiger partial charge in [0.05, 0.1) is 18.2 Å². The van der Waals surface area contributed by atoms with Gasteiger partial charge in [-0.1, -0.05) is 66.7 Å². The molecular formula is C34H31BrN2O5. The molecule has 0 unspecified atom stereocenters. The number of methoxy groups -OCH3 is 1. The topological polar surface area (TPSA) is 89.8 Å². The van der Waals surface area contributed by atoms with Crippen molar-refractivity contribution >= 4 is 27.9 Å². The van der Waals surface area contributed by atoms with Crippen molar-refractivity contribution in [2.45, 2.75) is 26.7 Å². The number of hydrogen-bond donors (Lipinski definition) is 1. The molecule has 0 aliphatic rings. The number of nitrogens with one attached hydrogen (secondary N) is 1. The first kappa shape index (κ1) is 30.2. The van der Waals surface area contributed by atoms with Crippen LogP contribution in [0.1, 0.15) is 29.2 Å². The SMILES string of the molecule is CCOc1cc(/C=C(\C#N)C(=O)NCc2ccccc2)cc(Br)c1OCc1ccc(OCc2ccccc2)c(OC)c1. The maximum absolute atomic E-state index is 12.7. The van der Waals surface area contributed by atoms with Crippen LogP contribution in [0.4, 0.5) is 0 Å². The van der Waals surface area contributed by atoms with Gasteiger partial charge in [0, 0.05) is 6.54 Å². The van der Waals surface area contributed by atoms with Gasteiger partial charge in [-0.05, 0) is 75.4 Å². The molecule has 0 saturated heterocycles. The molecule has 8 heteroatoms. The Morgan fingerprint density at radius 2 is 1.52 bits per heavy atom. The molecule has 0 saturated carbocycles. The molecule has 4 aromatic rings. The summed E-state index contributed by atoms with van der Waals surface area (Å²) in [4.78, 5) is 12.7. The van der Waals surface area contributed by atoms with Crippen molar-refractivity contribution in [3.63, 3.8) is 0 Å². The number of rotatable bonds is 13. The molecule has 0 radical (unpaired) electrons. The smallest absolute Gasteiger partial charge is 0.262 e. The van der Waals surface area contributed by atoms with E-state index in [1.165, 1.54) is 6.08 Å². The summed E-state index contributed by atoms with van der Waals surface area (Å²) < 4.78 is 24.2. The number of amides is 1. The highest BCUT2D eigenvalue weighted by Crippen LogP contribution is 2.38. The van der Waals surface area contributed by atoms with Gasteiger partial charge in [0.2, 0.25) is 0 Å². The summed E-state index contributed by atoms with van der Waals surface area (Å²) in [5, 5.41) is 12.4. The Morgan fingerprint density at radius 3 is 2.19 bits per heavy atom. The number of carbonyl (C=O) groups is 1. The summed E-state index contributed by atoms with van der Waals surface area (Å²) in [5.41, 5.74) is 3.48. The summed E-state index contributed by atoms with van der Waals surface area (Å²) >= 11 is 3.57. The van der Waals surface area contributed by atoms with E-state index in [0.717, 1.165) is 16.7 Å². The standard InChI is InChI=1S/C34H31BrN2O5/c1-3-40-32-19-27(16-28(20-36)34(38)37-21-24-10-6-4-7-11-24)17-29(35)33(32)42-23-26-14-15-30(31(18-26)39-2)41-22-25-12-8-5-9-13-25/h4-19H,3,21-23H2,1-2H3,(H,37,38)/b28-16+. The van der Waals surface area contributed by atoms with Crippen LogP contribution in [0.15, 0.2) is 101 Å². The summed E-state index contributed by atoms with van der Waals surface area (Å²) in [7, 11) is 1.60. The predicted octanol–water partition coefficient (Wildman–Crippen LogP) is 7.24. The van der Waals surface area contributed by atoms with Crippen molar-refractivity contribution in [3.05, 3.63) is 123 Å². The first-order chi connectivity index (χ1) is 20.5. The highest BCUT2D eigenvalue weighted by Gasteiger charge is 2.15. The van der Waals surface area contributed by atoms with Gasteiger partial charge < -0.3 is 24.3 Å². The van der Waals surface area contributed by atoms with Gasteiger partial charge in [-0.25, -0.2) is 0 Å². The van der Waals surface area contributed by atoms with E-state index < -0.39 is 5.91 Å². The lowest BCUT2D eigenvalue weighted by atomic mass is 10.1. The number of ether oxygens (including phenoxy) is 4. The van der Waals surface area contributed by atoms with Crippen molar-refractivity contribution in [3.8, 4) is 29.1 Å². The average molecular weight is 628 g/mol. The molecule has 0 atom stereocenters. The number of hydrogen-bond acceptors (Lipinski definition) is 6. The Balaban J connectivity index is 1.46. The molecule has 0 aliphatic heterocycles. The monoisotopic (exact) mass is 626 g/mol. The minimum Gasteiger partial charge on any atom is -0.493 e. The van der Waals surface area contributed by atoms with Gasteiger partial charge >= 0.3 is 0 Å². The van der Waals surface area contributed by atoms with Crippen molar-refractivity contribution in [1.29, 1.82) is 5.26 Å². The Morgan fingerprint density at radius 1 is 0.833 bits per heavy atom. The lowest BCUT2D eigenvalue weighted by Gasteiger charge is -2.16. The minimum absolute atomic E-state index is 0.0179. The fourth-order valence-corrected chi connectivity index (χ4v) is 4.65. The van der Waals surface area contributed by atoms with Gasteiger partial charge in [0.15, 0.2) is 23.0 Å². The van der Waals surface area contributed by atoms with Crippen LogP contribution < -0.4 is 24.3 Å². The lowest BCUT2D eigenvalue weighted by molar-refractivity contribution is -0.117. The van der Waals surface area contributed by atoms with Crippen molar-refractivity contribution in [2.24, 2.45) is 0 Å². The molecule has 0 spiro atoms. The Bertz CT molecular complexity index is 1570. The van der Waals surface area contributed by atoms with Crippen LogP contribution in [0.3, 0.4) is 0 Å². The zero-order valence-electron chi connectivity index (χ0n) is 23.4. The molecule has 1 N–H and O–H groups in total. The highest BCUT2D eigenvalue weighted by atomic mass is 79.9. The lowest BCUT2D eigenvalue weighted by Crippen LogP contribution is -2.23. The van der Waals surface area contributed by atoms with Crippen LogP contribution in [0, 0.1) is 11.3 Å². The maximum Gasteiger partial charge on any atom is 0.262 e. The van der Waals surface area contributed by atoms with E-state index in [0.29, 0.717) is 52.8 Å². The third kappa shape index (κ3) is 8.38. The summed E-state index contributed by atoms with van der Waals surface area (Å²) in [6.45, 7) is 3.27. The van der Waals surface area contributed by atoms with E-state index in [2.05, 4.69) is 21.2 Å². The number of benzene rings is 4. The zero-order valence-corrected chi connectivity index (χ0v) is 25.0. The Labute approximate surface area is 254 Å². The molecule has 42 heavy (non-hydrogen) atoms. The van der Waals surface area contributed by atoms with E-state index >= 15 is 0 Å². The van der Waals surface area contributed by atoms with Gasteiger partial charge in [-0.2, -0.15) is 5.26 Å². The Kier molecular flexibility index (Phi) is 11.0. The van der Waals surface area contributed by atoms with Crippen LogP contribution in [-0.2, 0) is 24.6 Å². The van der Waals surface area contributed by atoms with Crippen LogP contribution in [-0.4, -0.2) is 19.6 Å². The quantitative estimate of drug-likeness (QED) is 0.124. The predicted molar refractivity (Wildman–Crippen MR) is 165 cm³/mol. The molecular weight excluding hydrogens is 596 g/mol. The second-order valence-electron chi connectivity index (χ2n) is 9.15. The van der Waals surface area contributed by atoms with Gasteiger partial charge in [-0.15, -0.1) is 0 Å². The van der Waals surface area contributed by atoms with Crippen LogP contribution >= 0.6 is 15.9 Å². The average Bonchev–Trinajstić information content (AvgIpc) is 3.02. The molecule has 0 aliphatic carbocycles. The molecule has 214 valence electrons. The van der Waals surface area contributed by atoms with Gasteiger partial charge in [0.1, 0.15) is 24.9 Å². The fourth-order valence-electron chi connectivity index (χ4n) is 4.07. The summed E-state index contributed by atoms with van der Waals surface area (Å²) in [5.74, 6) is 1.77. The van der Waals surface area contributed by atoms with Crippen molar-refractivity contribution in [1.82, 2.24) is 5.32 Å². The van der Waals surface area contributed by atoms with Crippen molar-refractivity contribution < 1.29 is 23.7 Å². The summed E-state index contributed by atoms with van der Waals surface area (Å²) in [6, 6.07) is 30.6. The van der Waals surface area contributed by atoms with E-state index in [1.54, 1.807) is 19.2 Å². The number of nitrogens with zero attached hydrogens (tertiary/aromatic N) is 1. The molecule has 7 nitrogen and oxygen atoms in total. The molecule has 0 heterocycles. The van der Waals surface area contributed by atoms with Crippen LogP contribution in [0.2, 0.25) is 0 Å². The second-order valence-corrected chi connectivity index (χ2v) is 10.0. The largest absolute Gasteiger partial charge is 0.493 e. The van der Waals surface area contributed by atoms with Crippen molar-refractivity contribution in [2.75, 3.05) is 13.7 Å². The fraction of sp³-hybridized carbons (Fsp3) is 0.176. The highest BCUT2D eigenvalue weighted by molar-refractivity contribution is 9.10. The zero-order chi connectivity index (χ0) is 29.7. The Hall–Kier alpha value is -4.74. The maximum atomic E-state index is 12.7. The third-order valence-corrected chi connectivity index (χ3v) is 6.74. The van der Waals surface area contributed by atoms with E-state index in [-0.39, 0.29) is 12.2 Å². The van der Waals surface area contributed by atoms with E-state index in [9.17, 15) is 10.1 Å². The first-order valence-corrected chi connectivity index (χ1v) is 14.2. The van der Waals surface area contributed by atoms with Gasteiger partial charge in [-0.3, -0.25) is 4.79 Å². The molecule has 4 aromatic carbocycles. The summed E-state index contributed by atoms with van der Waals surface area (Å²) in [6.07, 6.45) is 1.52. The van der Waals surface area contributed by atoms with Crippen LogP contribution in [0.25, 0.3) is 6.08 Å².